The van der Waals surface area contributed by atoms with Gasteiger partial charge in [-0.15, -0.1) is 0 Å². The number of nitrogens with one attached hydrogen (secondary N) is 1. The summed E-state index contributed by atoms with van der Waals surface area (Å²) >= 11 is 0. The van der Waals surface area contributed by atoms with Crippen molar-refractivity contribution in [1.29, 1.82) is 0 Å². The molecule has 0 saturated heterocycles. The summed E-state index contributed by atoms with van der Waals surface area (Å²) in [6, 6.07) is 11.4. The van der Waals surface area contributed by atoms with E-state index in [4.69, 9.17) is 0 Å². The van der Waals surface area contributed by atoms with E-state index in [0.29, 0.717) is 6.04 Å². The maximum absolute atomic E-state index is 3.65. The normalized spacial score (nSPS) is 14.0. The Morgan fingerprint density at radius 3 is 2.18 bits per heavy atom. The van der Waals surface area contributed by atoms with Gasteiger partial charge in [-0.3, -0.25) is 0 Å². The fourth-order valence-electron chi connectivity index (χ4n) is 2.42. The standard InChI is InChI=1S/C16H27N/c1-6-17-15(12-13(2)3)16(4,5)14-10-8-7-9-11-14/h7-11,13,15,17H,6,12H2,1-5H3. The molecule has 0 saturated carbocycles. The largest absolute Gasteiger partial charge is 0.313 e. The Morgan fingerprint density at radius 1 is 1.12 bits per heavy atom. The van der Waals surface area contributed by atoms with E-state index in [-0.39, 0.29) is 5.41 Å². The summed E-state index contributed by atoms with van der Waals surface area (Å²) in [7, 11) is 0. The van der Waals surface area contributed by atoms with Crippen molar-refractivity contribution in [3.05, 3.63) is 35.9 Å². The average Bonchev–Trinajstić information content (AvgIpc) is 2.29. The summed E-state index contributed by atoms with van der Waals surface area (Å²) in [5.41, 5.74) is 1.60. The zero-order chi connectivity index (χ0) is 12.9. The van der Waals surface area contributed by atoms with E-state index in [9.17, 15) is 0 Å². The van der Waals surface area contributed by atoms with Gasteiger partial charge in [0.25, 0.3) is 0 Å². The van der Waals surface area contributed by atoms with E-state index in [2.05, 4.69) is 70.3 Å². The van der Waals surface area contributed by atoms with Crippen LogP contribution in [0.15, 0.2) is 30.3 Å². The molecule has 0 fully saturated rings. The highest BCUT2D eigenvalue weighted by atomic mass is 14.9. The molecule has 1 nitrogen and oxygen atoms in total. The van der Waals surface area contributed by atoms with Crippen molar-refractivity contribution in [2.24, 2.45) is 5.92 Å². The van der Waals surface area contributed by atoms with Gasteiger partial charge >= 0.3 is 0 Å². The van der Waals surface area contributed by atoms with Gasteiger partial charge in [0.05, 0.1) is 0 Å². The van der Waals surface area contributed by atoms with Crippen molar-refractivity contribution in [2.75, 3.05) is 6.54 Å². The van der Waals surface area contributed by atoms with Crippen LogP contribution in [0.25, 0.3) is 0 Å². The molecular weight excluding hydrogens is 206 g/mol. The van der Waals surface area contributed by atoms with Crippen LogP contribution >= 0.6 is 0 Å². The molecule has 0 aliphatic carbocycles. The van der Waals surface area contributed by atoms with Crippen molar-refractivity contribution in [1.82, 2.24) is 5.32 Å². The van der Waals surface area contributed by atoms with Gasteiger partial charge in [-0.25, -0.2) is 0 Å². The molecule has 0 aliphatic rings. The lowest BCUT2D eigenvalue weighted by Gasteiger charge is -2.36. The summed E-state index contributed by atoms with van der Waals surface area (Å²) in [6.07, 6.45) is 1.22. The zero-order valence-corrected chi connectivity index (χ0v) is 12.0. The van der Waals surface area contributed by atoms with Crippen molar-refractivity contribution in [2.45, 2.75) is 52.5 Å². The topological polar surface area (TPSA) is 12.0 Å². The molecule has 1 heteroatoms. The summed E-state index contributed by atoms with van der Waals surface area (Å²) in [6.45, 7) is 12.5. The Hall–Kier alpha value is -0.820. The molecule has 0 aliphatic heterocycles. The lowest BCUT2D eigenvalue weighted by molar-refractivity contribution is 0.297. The maximum Gasteiger partial charge on any atom is 0.0161 e. The maximum atomic E-state index is 3.65. The Balaban J connectivity index is 2.91. The molecule has 0 aromatic heterocycles. The Labute approximate surface area is 107 Å². The summed E-state index contributed by atoms with van der Waals surface area (Å²) in [4.78, 5) is 0. The third-order valence-electron chi connectivity index (χ3n) is 3.55. The van der Waals surface area contributed by atoms with Gasteiger partial charge in [-0.1, -0.05) is 65.0 Å². The highest BCUT2D eigenvalue weighted by molar-refractivity contribution is 5.25. The molecular formula is C16H27N. The zero-order valence-electron chi connectivity index (χ0n) is 12.0. The minimum absolute atomic E-state index is 0.182. The van der Waals surface area contributed by atoms with E-state index in [1.807, 2.05) is 0 Å². The van der Waals surface area contributed by atoms with Crippen molar-refractivity contribution in [3.8, 4) is 0 Å². The predicted molar refractivity (Wildman–Crippen MR) is 76.4 cm³/mol. The first-order chi connectivity index (χ1) is 7.98. The molecule has 1 rings (SSSR count). The fraction of sp³-hybridized carbons (Fsp3) is 0.625. The molecule has 17 heavy (non-hydrogen) atoms. The molecule has 0 spiro atoms. The quantitative estimate of drug-likeness (QED) is 0.783. The summed E-state index contributed by atoms with van der Waals surface area (Å²) < 4.78 is 0. The van der Waals surface area contributed by atoms with E-state index in [1.165, 1.54) is 12.0 Å². The van der Waals surface area contributed by atoms with Crippen LogP contribution in [0.4, 0.5) is 0 Å². The predicted octanol–water partition coefficient (Wildman–Crippen LogP) is 3.99. The van der Waals surface area contributed by atoms with E-state index in [0.717, 1.165) is 12.5 Å². The first kappa shape index (κ1) is 14.2. The third kappa shape index (κ3) is 3.85. The van der Waals surface area contributed by atoms with Gasteiger partial charge in [0, 0.05) is 11.5 Å². The highest BCUT2D eigenvalue weighted by Crippen LogP contribution is 2.30. The number of benzene rings is 1. The van der Waals surface area contributed by atoms with Crippen LogP contribution in [-0.4, -0.2) is 12.6 Å². The third-order valence-corrected chi connectivity index (χ3v) is 3.55. The SMILES string of the molecule is CCNC(CC(C)C)C(C)(C)c1ccccc1. The second kappa shape index (κ2) is 6.20. The second-order valence-electron chi connectivity index (χ2n) is 5.83. The Morgan fingerprint density at radius 2 is 1.71 bits per heavy atom. The van der Waals surface area contributed by atoms with Crippen LogP contribution < -0.4 is 5.32 Å². The summed E-state index contributed by atoms with van der Waals surface area (Å²) in [5, 5.41) is 3.65. The van der Waals surface area contributed by atoms with Crippen LogP contribution in [0.5, 0.6) is 0 Å². The molecule has 0 bridgehead atoms. The van der Waals surface area contributed by atoms with Crippen LogP contribution in [-0.2, 0) is 5.41 Å². The smallest absolute Gasteiger partial charge is 0.0161 e. The van der Waals surface area contributed by atoms with Crippen LogP contribution in [0.3, 0.4) is 0 Å². The van der Waals surface area contributed by atoms with Gasteiger partial charge in [0.15, 0.2) is 0 Å². The first-order valence-corrected chi connectivity index (χ1v) is 6.77. The highest BCUT2D eigenvalue weighted by Gasteiger charge is 2.30. The number of hydrogen-bond acceptors (Lipinski definition) is 1. The van der Waals surface area contributed by atoms with Gasteiger partial charge in [0.2, 0.25) is 0 Å². The second-order valence-corrected chi connectivity index (χ2v) is 5.83. The molecule has 1 N–H and O–H groups in total. The first-order valence-electron chi connectivity index (χ1n) is 6.77. The monoisotopic (exact) mass is 233 g/mol. The van der Waals surface area contributed by atoms with Gasteiger partial charge in [0.1, 0.15) is 0 Å². The minimum Gasteiger partial charge on any atom is -0.313 e. The van der Waals surface area contributed by atoms with E-state index >= 15 is 0 Å². The van der Waals surface area contributed by atoms with Gasteiger partial charge < -0.3 is 5.32 Å². The van der Waals surface area contributed by atoms with Gasteiger partial charge in [-0.05, 0) is 24.4 Å². The van der Waals surface area contributed by atoms with E-state index < -0.39 is 0 Å². The van der Waals surface area contributed by atoms with Crippen LogP contribution in [0.1, 0.15) is 46.6 Å². The minimum atomic E-state index is 0.182. The summed E-state index contributed by atoms with van der Waals surface area (Å²) in [5.74, 6) is 0.724. The molecule has 1 atom stereocenters. The lowest BCUT2D eigenvalue weighted by Crippen LogP contribution is -2.45. The Kier molecular flexibility index (Phi) is 5.20. The number of rotatable bonds is 6. The molecule has 0 radical (unpaired) electrons. The average molecular weight is 233 g/mol. The molecule has 96 valence electrons. The molecule has 1 aromatic carbocycles. The Bertz CT molecular complexity index is 314. The van der Waals surface area contributed by atoms with Crippen LogP contribution in [0.2, 0.25) is 0 Å². The van der Waals surface area contributed by atoms with Crippen molar-refractivity contribution in [3.63, 3.8) is 0 Å². The number of hydrogen-bond donors (Lipinski definition) is 1. The lowest BCUT2D eigenvalue weighted by atomic mass is 9.75. The fourth-order valence-corrected chi connectivity index (χ4v) is 2.42. The number of likely N-dealkylation sites (N-methyl/N-ethyl adjacent to an activating group) is 1. The molecule has 0 heterocycles. The van der Waals surface area contributed by atoms with Crippen molar-refractivity contribution < 1.29 is 0 Å². The molecule has 0 amide bonds. The van der Waals surface area contributed by atoms with E-state index in [1.54, 1.807) is 0 Å². The van der Waals surface area contributed by atoms with Crippen molar-refractivity contribution >= 4 is 0 Å². The van der Waals surface area contributed by atoms with Gasteiger partial charge in [-0.2, -0.15) is 0 Å². The molecule has 1 aromatic rings. The van der Waals surface area contributed by atoms with Crippen LogP contribution in [0, 0.1) is 5.92 Å². The molecule has 1 unspecified atom stereocenters.